The van der Waals surface area contributed by atoms with Crippen LogP contribution in [0.3, 0.4) is 0 Å². The minimum atomic E-state index is -4.91. The third-order valence-electron chi connectivity index (χ3n) is 8.96. The second kappa shape index (κ2) is 15.0. The number of nitrogens with one attached hydrogen (secondary N) is 1. The molecule has 1 saturated heterocycles. The van der Waals surface area contributed by atoms with E-state index in [1.54, 1.807) is 13.8 Å². The molecule has 3 aliphatic rings. The number of halogens is 2. The topological polar surface area (TPSA) is 214 Å². The average molecular weight is 743 g/mol. The zero-order valence-electron chi connectivity index (χ0n) is 28.0. The predicted molar refractivity (Wildman–Crippen MR) is 170 cm³/mol. The summed E-state index contributed by atoms with van der Waals surface area (Å²) in [5.41, 5.74) is -2.99. The Hall–Kier alpha value is -4.58. The number of carbonyl (C=O) groups excluding carboxylic acids is 3. The molecule has 4 atom stereocenters. The number of phosphoric acid groups is 1. The summed E-state index contributed by atoms with van der Waals surface area (Å²) in [5.74, 6) is -4.19. The van der Waals surface area contributed by atoms with Crippen molar-refractivity contribution in [3.63, 3.8) is 0 Å². The summed E-state index contributed by atoms with van der Waals surface area (Å²) in [6.07, 6.45) is -0.288. The van der Waals surface area contributed by atoms with E-state index in [0.29, 0.717) is 24.8 Å². The lowest BCUT2D eigenvalue weighted by Gasteiger charge is -2.42. The van der Waals surface area contributed by atoms with Gasteiger partial charge in [0.25, 0.3) is 11.8 Å². The van der Waals surface area contributed by atoms with Gasteiger partial charge in [-0.05, 0) is 31.7 Å². The SMILES string of the molecule is COC1=NO[C@@]2(CC[C@H](C)N3C[C@H]2n2cc(C(=O)NCc4ccc(F)cc4F)c(=O)c(OCOC(=O)OC[C@@H](OP(=O)(O)O)C(C)C)c2C3=O)C1. The lowest BCUT2D eigenvalue weighted by molar-refractivity contribution is -0.0658. The van der Waals surface area contributed by atoms with Crippen LogP contribution in [0, 0.1) is 17.6 Å². The molecule has 1 fully saturated rings. The number of oxime groups is 1. The molecule has 1 aromatic heterocycles. The van der Waals surface area contributed by atoms with Gasteiger partial charge in [-0.2, -0.15) is 0 Å². The number of hydrogen-bond donors (Lipinski definition) is 3. The summed E-state index contributed by atoms with van der Waals surface area (Å²) in [4.78, 5) is 79.6. The maximum atomic E-state index is 14.3. The lowest BCUT2D eigenvalue weighted by Crippen LogP contribution is -2.52. The van der Waals surface area contributed by atoms with Crippen LogP contribution < -0.4 is 15.5 Å². The molecule has 51 heavy (non-hydrogen) atoms. The Morgan fingerprint density at radius 3 is 2.61 bits per heavy atom. The quantitative estimate of drug-likeness (QED) is 0.172. The van der Waals surface area contributed by atoms with Crippen molar-refractivity contribution in [2.45, 2.75) is 70.4 Å². The third kappa shape index (κ3) is 8.16. The normalized spacial score (nSPS) is 21.7. The van der Waals surface area contributed by atoms with Crippen LogP contribution in [0.5, 0.6) is 5.75 Å². The van der Waals surface area contributed by atoms with Crippen molar-refractivity contribution < 1.29 is 65.8 Å². The number of fused-ring (bicyclic) bond motifs is 5. The maximum absolute atomic E-state index is 14.3. The second-order valence-corrected chi connectivity index (χ2v) is 13.8. The maximum Gasteiger partial charge on any atom is 0.511 e. The molecule has 1 aromatic carbocycles. The molecular formula is C31H37F2N4O13P. The van der Waals surface area contributed by atoms with E-state index in [9.17, 15) is 32.5 Å². The highest BCUT2D eigenvalue weighted by Crippen LogP contribution is 2.46. The molecule has 0 unspecified atom stereocenters. The Balaban J connectivity index is 1.47. The molecule has 2 bridgehead atoms. The molecular weight excluding hydrogens is 705 g/mol. The van der Waals surface area contributed by atoms with Gasteiger partial charge in [0.1, 0.15) is 29.9 Å². The second-order valence-electron chi connectivity index (χ2n) is 12.6. The van der Waals surface area contributed by atoms with Crippen LogP contribution in [0.25, 0.3) is 0 Å². The Kier molecular flexibility index (Phi) is 11.0. The number of nitrogens with zero attached hydrogens (tertiary/aromatic N) is 3. The van der Waals surface area contributed by atoms with E-state index >= 15 is 0 Å². The summed E-state index contributed by atoms with van der Waals surface area (Å²) in [6.45, 7) is 3.04. The van der Waals surface area contributed by atoms with E-state index < -0.39 is 97.8 Å². The lowest BCUT2D eigenvalue weighted by atomic mass is 9.85. The first-order valence-corrected chi connectivity index (χ1v) is 17.3. The third-order valence-corrected chi connectivity index (χ3v) is 9.51. The molecule has 2 amide bonds. The largest absolute Gasteiger partial charge is 0.511 e. The van der Waals surface area contributed by atoms with Gasteiger partial charge in [0.15, 0.2) is 11.3 Å². The number of amides is 2. The Morgan fingerprint density at radius 1 is 1.22 bits per heavy atom. The standard InChI is InChI=1S/C31H37F2N4O13P/c1-16(2)22(49-51(42,43)44)14-46-30(41)48-15-47-27-25-29(40)36-13-23(31(8-7-17(36)3)10-24(45-4)35-50-31)37(25)12-20(26(27)38)28(39)34-11-18-5-6-19(32)9-21(18)33/h5-6,9,12,16-17,22-23H,7-8,10-11,13-15H2,1-4H3,(H,34,39)(H2,42,43,44)/t17-,22+,23+,31-/m0/s1. The highest BCUT2D eigenvalue weighted by molar-refractivity contribution is 7.46. The molecule has 4 heterocycles. The summed E-state index contributed by atoms with van der Waals surface area (Å²) >= 11 is 0. The van der Waals surface area contributed by atoms with Gasteiger partial charge in [0.2, 0.25) is 23.9 Å². The zero-order chi connectivity index (χ0) is 37.2. The highest BCUT2D eigenvalue weighted by atomic mass is 31.2. The molecule has 0 aliphatic carbocycles. The molecule has 17 nitrogen and oxygen atoms in total. The van der Waals surface area contributed by atoms with Crippen LogP contribution >= 0.6 is 7.82 Å². The molecule has 20 heteroatoms. The Bertz CT molecular complexity index is 1830. The molecule has 0 radical (unpaired) electrons. The van der Waals surface area contributed by atoms with Crippen LogP contribution in [-0.4, -0.2) is 87.9 Å². The summed E-state index contributed by atoms with van der Waals surface area (Å²) < 4.78 is 65.8. The number of ether oxygens (including phenoxy) is 4. The van der Waals surface area contributed by atoms with Crippen molar-refractivity contribution >= 4 is 31.7 Å². The number of carbonyl (C=O) groups is 3. The summed E-state index contributed by atoms with van der Waals surface area (Å²) in [5, 5.41) is 6.49. The van der Waals surface area contributed by atoms with Crippen molar-refractivity contribution in [1.82, 2.24) is 14.8 Å². The monoisotopic (exact) mass is 742 g/mol. The van der Waals surface area contributed by atoms with E-state index in [0.717, 1.165) is 12.1 Å². The Morgan fingerprint density at radius 2 is 1.96 bits per heavy atom. The number of rotatable bonds is 11. The molecule has 0 saturated carbocycles. The fourth-order valence-corrected chi connectivity index (χ4v) is 6.75. The van der Waals surface area contributed by atoms with Crippen LogP contribution in [0.4, 0.5) is 13.6 Å². The van der Waals surface area contributed by atoms with Crippen molar-refractivity contribution in [1.29, 1.82) is 0 Å². The summed E-state index contributed by atoms with van der Waals surface area (Å²) in [7, 11) is -3.48. The number of phosphoric ester groups is 1. The van der Waals surface area contributed by atoms with Gasteiger partial charge in [-0.15, -0.1) is 0 Å². The minimum Gasteiger partial charge on any atom is -0.482 e. The first-order valence-electron chi connectivity index (χ1n) is 15.8. The van der Waals surface area contributed by atoms with Crippen molar-refractivity contribution in [3.8, 4) is 5.75 Å². The minimum absolute atomic E-state index is 0.0665. The number of hydrogen-bond acceptors (Lipinski definition) is 12. The number of benzene rings is 1. The fraction of sp³-hybridized carbons (Fsp3) is 0.516. The van der Waals surface area contributed by atoms with E-state index in [4.69, 9.17) is 33.6 Å². The van der Waals surface area contributed by atoms with Gasteiger partial charge in [0, 0.05) is 37.0 Å². The van der Waals surface area contributed by atoms with Gasteiger partial charge in [0.05, 0.1) is 19.6 Å². The van der Waals surface area contributed by atoms with E-state index in [2.05, 4.69) is 15.0 Å². The fourth-order valence-electron chi connectivity index (χ4n) is 6.10. The highest BCUT2D eigenvalue weighted by Gasteiger charge is 2.55. The van der Waals surface area contributed by atoms with E-state index in [1.165, 1.54) is 22.8 Å². The first kappa shape index (κ1) is 37.7. The van der Waals surface area contributed by atoms with Crippen LogP contribution in [-0.2, 0) is 34.7 Å². The van der Waals surface area contributed by atoms with Gasteiger partial charge in [-0.25, -0.2) is 18.1 Å². The van der Waals surface area contributed by atoms with Gasteiger partial charge in [-0.1, -0.05) is 25.1 Å². The predicted octanol–water partition coefficient (Wildman–Crippen LogP) is 2.98. The summed E-state index contributed by atoms with van der Waals surface area (Å²) in [6, 6.07) is 1.72. The molecule has 3 N–H and O–H groups in total. The van der Waals surface area contributed by atoms with E-state index in [-0.39, 0.29) is 30.3 Å². The van der Waals surface area contributed by atoms with Crippen LogP contribution in [0.2, 0.25) is 0 Å². The average Bonchev–Trinajstić information content (AvgIpc) is 3.44. The number of methoxy groups -OCH3 is 1. The van der Waals surface area contributed by atoms with Gasteiger partial charge in [-0.3, -0.25) is 18.9 Å². The van der Waals surface area contributed by atoms with Gasteiger partial charge < -0.3 is 48.4 Å². The Labute approximate surface area is 289 Å². The molecule has 278 valence electrons. The van der Waals surface area contributed by atoms with Crippen LogP contribution in [0.1, 0.15) is 72.5 Å². The van der Waals surface area contributed by atoms with Crippen LogP contribution in [0.15, 0.2) is 34.3 Å². The number of aromatic nitrogens is 1. The van der Waals surface area contributed by atoms with Crippen molar-refractivity contribution in [2.24, 2.45) is 11.1 Å². The molecule has 5 rings (SSSR count). The number of pyridine rings is 1. The van der Waals surface area contributed by atoms with Gasteiger partial charge >= 0.3 is 14.0 Å². The first-order chi connectivity index (χ1) is 24.0. The smallest absolute Gasteiger partial charge is 0.482 e. The molecule has 1 spiro atoms. The van der Waals surface area contributed by atoms with Crippen molar-refractivity contribution in [3.05, 3.63) is 63.1 Å². The molecule has 2 aromatic rings. The van der Waals surface area contributed by atoms with Crippen molar-refractivity contribution in [2.75, 3.05) is 27.1 Å². The molecule has 3 aliphatic heterocycles. The van der Waals surface area contributed by atoms with E-state index in [1.807, 2.05) is 6.92 Å². The zero-order valence-corrected chi connectivity index (χ0v) is 28.9.